The summed E-state index contributed by atoms with van der Waals surface area (Å²) in [6.07, 6.45) is 3.68. The van der Waals surface area contributed by atoms with E-state index in [9.17, 15) is 0 Å². The zero-order chi connectivity index (χ0) is 15.4. The van der Waals surface area contributed by atoms with Crippen LogP contribution < -0.4 is 5.32 Å². The summed E-state index contributed by atoms with van der Waals surface area (Å²) in [5.41, 5.74) is 3.46. The first-order valence-electron chi connectivity index (χ1n) is 6.94. The number of benzene rings is 1. The number of thioether (sulfide) groups is 1. The summed E-state index contributed by atoms with van der Waals surface area (Å²) in [5, 5.41) is 12.8. The van der Waals surface area contributed by atoms with Crippen molar-refractivity contribution in [2.75, 3.05) is 5.32 Å². The van der Waals surface area contributed by atoms with Gasteiger partial charge in [0.05, 0.1) is 0 Å². The number of aromatic nitrogens is 3. The molecule has 0 saturated carbocycles. The van der Waals surface area contributed by atoms with Crippen molar-refractivity contribution in [1.82, 2.24) is 15.2 Å². The molecule has 0 spiro atoms. The quantitative estimate of drug-likeness (QED) is 0.679. The van der Waals surface area contributed by atoms with Gasteiger partial charge in [0, 0.05) is 23.3 Å². The monoisotopic (exact) mass is 328 g/mol. The zero-order valence-electron chi connectivity index (χ0n) is 12.4. The van der Waals surface area contributed by atoms with E-state index in [1.807, 2.05) is 24.4 Å². The van der Waals surface area contributed by atoms with Crippen molar-refractivity contribution in [3.05, 3.63) is 59.9 Å². The summed E-state index contributed by atoms with van der Waals surface area (Å²) in [6.45, 7) is 4.22. The van der Waals surface area contributed by atoms with Crippen LogP contribution in [0.4, 0.5) is 10.8 Å². The number of anilines is 2. The van der Waals surface area contributed by atoms with E-state index in [0.717, 1.165) is 15.2 Å². The van der Waals surface area contributed by atoms with Crippen LogP contribution in [0.25, 0.3) is 0 Å². The largest absolute Gasteiger partial charge is 0.330 e. The molecule has 1 aromatic carbocycles. The van der Waals surface area contributed by atoms with Crippen molar-refractivity contribution in [1.29, 1.82) is 0 Å². The van der Waals surface area contributed by atoms with E-state index in [1.54, 1.807) is 29.3 Å². The highest BCUT2D eigenvalue weighted by atomic mass is 32.2. The lowest BCUT2D eigenvalue weighted by molar-refractivity contribution is 0.999. The molecule has 0 aliphatic heterocycles. The summed E-state index contributed by atoms with van der Waals surface area (Å²) in [7, 11) is 0. The van der Waals surface area contributed by atoms with Gasteiger partial charge < -0.3 is 5.32 Å². The van der Waals surface area contributed by atoms with E-state index in [0.29, 0.717) is 5.25 Å². The Labute approximate surface area is 138 Å². The van der Waals surface area contributed by atoms with Crippen LogP contribution in [0.2, 0.25) is 0 Å². The van der Waals surface area contributed by atoms with Crippen LogP contribution >= 0.6 is 23.1 Å². The molecule has 0 bridgehead atoms. The van der Waals surface area contributed by atoms with Gasteiger partial charge in [-0.2, -0.15) is 0 Å². The van der Waals surface area contributed by atoms with Gasteiger partial charge in [0.25, 0.3) is 0 Å². The average Bonchev–Trinajstić information content (AvgIpc) is 2.97. The fraction of sp³-hybridized carbons (Fsp3) is 0.188. The summed E-state index contributed by atoms with van der Waals surface area (Å²) in [5.74, 6) is 0. The lowest BCUT2D eigenvalue weighted by atomic mass is 10.2. The van der Waals surface area contributed by atoms with E-state index >= 15 is 0 Å². The predicted octanol–water partition coefficient (Wildman–Crippen LogP) is 4.84. The van der Waals surface area contributed by atoms with Gasteiger partial charge >= 0.3 is 0 Å². The summed E-state index contributed by atoms with van der Waals surface area (Å²) in [6, 6.07) is 12.3. The first-order valence-corrected chi connectivity index (χ1v) is 8.64. The van der Waals surface area contributed by atoms with Crippen LogP contribution in [-0.2, 0) is 0 Å². The second-order valence-corrected chi connectivity index (χ2v) is 7.48. The van der Waals surface area contributed by atoms with Gasteiger partial charge in [0.15, 0.2) is 4.34 Å². The van der Waals surface area contributed by atoms with Crippen LogP contribution in [-0.4, -0.2) is 15.2 Å². The minimum atomic E-state index is 0.300. The Morgan fingerprint density at radius 2 is 1.95 bits per heavy atom. The molecule has 0 fully saturated rings. The van der Waals surface area contributed by atoms with E-state index in [2.05, 4.69) is 52.5 Å². The normalized spacial score (nSPS) is 12.1. The van der Waals surface area contributed by atoms with Gasteiger partial charge in [-0.1, -0.05) is 46.9 Å². The molecule has 3 aromatic rings. The first kappa shape index (κ1) is 15.0. The third kappa shape index (κ3) is 3.84. The minimum Gasteiger partial charge on any atom is -0.330 e. The van der Waals surface area contributed by atoms with Crippen LogP contribution in [0.3, 0.4) is 0 Å². The van der Waals surface area contributed by atoms with Crippen molar-refractivity contribution < 1.29 is 0 Å². The Bertz CT molecular complexity index is 725. The molecule has 3 rings (SSSR count). The molecule has 0 saturated heterocycles. The molecule has 0 amide bonds. The average molecular weight is 328 g/mol. The highest BCUT2D eigenvalue weighted by Crippen LogP contribution is 2.37. The maximum Gasteiger partial charge on any atom is 0.210 e. The maximum atomic E-state index is 4.24. The molecular weight excluding hydrogens is 312 g/mol. The van der Waals surface area contributed by atoms with E-state index < -0.39 is 0 Å². The molecule has 6 heteroatoms. The first-order chi connectivity index (χ1) is 10.7. The molecular formula is C16H16N4S2. The maximum absolute atomic E-state index is 4.24. The number of hydrogen-bond acceptors (Lipinski definition) is 6. The van der Waals surface area contributed by atoms with Gasteiger partial charge in [-0.15, -0.1) is 10.2 Å². The fourth-order valence-corrected chi connectivity index (χ4v) is 3.93. The Morgan fingerprint density at radius 3 is 2.68 bits per heavy atom. The van der Waals surface area contributed by atoms with E-state index in [-0.39, 0.29) is 0 Å². The fourth-order valence-electron chi connectivity index (χ4n) is 1.90. The van der Waals surface area contributed by atoms with Crippen molar-refractivity contribution in [3.63, 3.8) is 0 Å². The van der Waals surface area contributed by atoms with E-state index in [1.165, 1.54) is 11.1 Å². The number of nitrogens with zero attached hydrogens (tertiary/aromatic N) is 3. The number of aryl methyl sites for hydroxylation is 1. The molecule has 2 heterocycles. The SMILES string of the molecule is Cc1ccc(Nc2nnc(SC(C)c3cccnc3)s2)cc1. The molecule has 0 radical (unpaired) electrons. The van der Waals surface area contributed by atoms with Gasteiger partial charge in [-0.05, 0) is 37.6 Å². The van der Waals surface area contributed by atoms with Crippen LogP contribution in [0, 0.1) is 6.92 Å². The molecule has 22 heavy (non-hydrogen) atoms. The van der Waals surface area contributed by atoms with Crippen LogP contribution in [0.1, 0.15) is 23.3 Å². The lowest BCUT2D eigenvalue weighted by Crippen LogP contribution is -1.89. The Kier molecular flexibility index (Phi) is 4.70. The third-order valence-corrected chi connectivity index (χ3v) is 5.22. The number of pyridine rings is 1. The van der Waals surface area contributed by atoms with Gasteiger partial charge in [0.1, 0.15) is 0 Å². The van der Waals surface area contributed by atoms with Crippen molar-refractivity contribution >= 4 is 33.9 Å². The Balaban J connectivity index is 1.65. The molecule has 0 aliphatic rings. The Hall–Kier alpha value is -1.92. The van der Waals surface area contributed by atoms with Gasteiger partial charge in [-0.25, -0.2) is 0 Å². The molecule has 2 aromatic heterocycles. The van der Waals surface area contributed by atoms with Crippen molar-refractivity contribution in [2.45, 2.75) is 23.4 Å². The highest BCUT2D eigenvalue weighted by Gasteiger charge is 2.12. The van der Waals surface area contributed by atoms with Crippen LogP contribution in [0.15, 0.2) is 53.1 Å². The lowest BCUT2D eigenvalue weighted by Gasteiger charge is -2.07. The van der Waals surface area contributed by atoms with E-state index in [4.69, 9.17) is 0 Å². The van der Waals surface area contributed by atoms with Gasteiger partial charge in [-0.3, -0.25) is 4.98 Å². The van der Waals surface area contributed by atoms with Crippen LogP contribution in [0.5, 0.6) is 0 Å². The van der Waals surface area contributed by atoms with Gasteiger partial charge in [0.2, 0.25) is 5.13 Å². The summed E-state index contributed by atoms with van der Waals surface area (Å²) < 4.78 is 0.950. The third-order valence-electron chi connectivity index (χ3n) is 3.14. The zero-order valence-corrected chi connectivity index (χ0v) is 14.0. The van der Waals surface area contributed by atoms with Crippen molar-refractivity contribution in [3.8, 4) is 0 Å². The topological polar surface area (TPSA) is 50.7 Å². The number of rotatable bonds is 5. The molecule has 1 N–H and O–H groups in total. The molecule has 0 aliphatic carbocycles. The molecule has 4 nitrogen and oxygen atoms in total. The highest BCUT2D eigenvalue weighted by molar-refractivity contribution is 8.01. The summed E-state index contributed by atoms with van der Waals surface area (Å²) >= 11 is 3.26. The Morgan fingerprint density at radius 1 is 1.14 bits per heavy atom. The second-order valence-electron chi connectivity index (χ2n) is 4.91. The minimum absolute atomic E-state index is 0.300. The number of hydrogen-bond donors (Lipinski definition) is 1. The second kappa shape index (κ2) is 6.89. The standard InChI is InChI=1S/C16H16N4S2/c1-11-5-7-14(8-6-11)18-15-19-20-16(22-15)21-12(2)13-4-3-9-17-10-13/h3-10,12H,1-2H3,(H,18,19). The molecule has 1 unspecified atom stereocenters. The summed E-state index contributed by atoms with van der Waals surface area (Å²) in [4.78, 5) is 4.16. The molecule has 112 valence electrons. The molecule has 1 atom stereocenters. The van der Waals surface area contributed by atoms with Crippen molar-refractivity contribution in [2.24, 2.45) is 0 Å². The predicted molar refractivity (Wildman–Crippen MR) is 92.9 cm³/mol. The number of nitrogens with one attached hydrogen (secondary N) is 1. The smallest absolute Gasteiger partial charge is 0.210 e.